The molecule has 142 valence electrons. The molecule has 3 rings (SSSR count). The normalized spacial score (nSPS) is 12.4. The summed E-state index contributed by atoms with van der Waals surface area (Å²) in [6, 6.07) is 15.2. The molecular weight excluding hydrogens is 356 g/mol. The Labute approximate surface area is 163 Å². The van der Waals surface area contributed by atoms with Gasteiger partial charge in [0.25, 0.3) is 0 Å². The molecule has 1 aromatic heterocycles. The highest BCUT2D eigenvalue weighted by atomic mass is 19.1. The zero-order valence-corrected chi connectivity index (χ0v) is 16.3. The zero-order valence-electron chi connectivity index (χ0n) is 16.3. The second-order valence-electron chi connectivity index (χ2n) is 6.57. The lowest BCUT2D eigenvalue weighted by molar-refractivity contribution is 0.618. The van der Waals surface area contributed by atoms with Crippen molar-refractivity contribution in [1.29, 1.82) is 0 Å². The molecule has 0 aliphatic heterocycles. The summed E-state index contributed by atoms with van der Waals surface area (Å²) in [4.78, 5) is 13.7. The highest BCUT2D eigenvalue weighted by Gasteiger charge is 2.08. The maximum atomic E-state index is 13.7. The van der Waals surface area contributed by atoms with Crippen molar-refractivity contribution in [3.8, 4) is 0 Å². The third-order valence-electron chi connectivity index (χ3n) is 4.54. The summed E-state index contributed by atoms with van der Waals surface area (Å²) in [5.74, 6) is -0.576. The van der Waals surface area contributed by atoms with E-state index >= 15 is 0 Å². The van der Waals surface area contributed by atoms with Gasteiger partial charge in [-0.15, -0.1) is 0 Å². The van der Waals surface area contributed by atoms with Crippen molar-refractivity contribution >= 4 is 22.8 Å². The van der Waals surface area contributed by atoms with Gasteiger partial charge < -0.3 is 0 Å². The average molecular weight is 377 g/mol. The molecule has 0 radical (unpaired) electrons. The maximum absolute atomic E-state index is 13.7. The van der Waals surface area contributed by atoms with E-state index in [9.17, 15) is 8.78 Å². The Balaban J connectivity index is 1.95. The molecule has 0 unspecified atom stereocenters. The van der Waals surface area contributed by atoms with Crippen molar-refractivity contribution in [2.75, 3.05) is 0 Å². The average Bonchev–Trinajstić information content (AvgIpc) is 2.69. The fraction of sp³-hybridized carbons (Fsp3) is 0.174. The van der Waals surface area contributed by atoms with Crippen LogP contribution in [0.15, 0.2) is 64.6 Å². The smallest absolute Gasteiger partial charge is 0.128 e. The molecule has 28 heavy (non-hydrogen) atoms. The molecule has 0 fully saturated rings. The number of aromatic nitrogens is 1. The molecule has 0 atom stereocenters. The second-order valence-corrected chi connectivity index (χ2v) is 6.57. The minimum absolute atomic E-state index is 0.288. The SMILES string of the molecule is CC(=Nc1cccc(F)c1C)c1cccc(C(C)=Nc2cccc(F)c2C)n1. The first-order chi connectivity index (χ1) is 13.4. The van der Waals surface area contributed by atoms with Gasteiger partial charge in [0, 0.05) is 11.1 Å². The minimum Gasteiger partial charge on any atom is -0.251 e. The molecule has 0 spiro atoms. The van der Waals surface area contributed by atoms with Gasteiger partial charge >= 0.3 is 0 Å². The molecule has 0 aliphatic rings. The maximum Gasteiger partial charge on any atom is 0.128 e. The van der Waals surface area contributed by atoms with Gasteiger partial charge in [0.1, 0.15) is 11.6 Å². The third-order valence-corrected chi connectivity index (χ3v) is 4.54. The van der Waals surface area contributed by atoms with Crippen LogP contribution >= 0.6 is 0 Å². The number of benzene rings is 2. The van der Waals surface area contributed by atoms with Crippen molar-refractivity contribution in [1.82, 2.24) is 4.98 Å². The zero-order chi connectivity index (χ0) is 20.3. The Morgan fingerprint density at radius 3 is 1.50 bits per heavy atom. The van der Waals surface area contributed by atoms with Crippen LogP contribution in [0.2, 0.25) is 0 Å². The van der Waals surface area contributed by atoms with Gasteiger partial charge in [-0.05, 0) is 64.1 Å². The molecule has 0 amide bonds. The van der Waals surface area contributed by atoms with Crippen molar-refractivity contribution in [3.05, 3.63) is 88.7 Å². The predicted molar refractivity (Wildman–Crippen MR) is 110 cm³/mol. The lowest BCUT2D eigenvalue weighted by atomic mass is 10.1. The highest BCUT2D eigenvalue weighted by Crippen LogP contribution is 2.23. The van der Waals surface area contributed by atoms with E-state index < -0.39 is 0 Å². The van der Waals surface area contributed by atoms with Crippen LogP contribution < -0.4 is 0 Å². The van der Waals surface area contributed by atoms with E-state index in [1.807, 2.05) is 32.0 Å². The summed E-state index contributed by atoms with van der Waals surface area (Å²) in [6.45, 7) is 7.06. The van der Waals surface area contributed by atoms with Crippen molar-refractivity contribution in [2.45, 2.75) is 27.7 Å². The Hall–Kier alpha value is -3.21. The molecule has 3 aromatic rings. The molecular formula is C23H21F2N3. The van der Waals surface area contributed by atoms with Gasteiger partial charge in [-0.25, -0.2) is 13.8 Å². The van der Waals surface area contributed by atoms with Crippen molar-refractivity contribution < 1.29 is 8.78 Å². The van der Waals surface area contributed by atoms with Gasteiger partial charge in [0.05, 0.1) is 34.2 Å². The number of nitrogens with zero attached hydrogens (tertiary/aromatic N) is 3. The van der Waals surface area contributed by atoms with E-state index in [1.54, 1.807) is 38.1 Å². The van der Waals surface area contributed by atoms with E-state index in [0.717, 1.165) is 0 Å². The van der Waals surface area contributed by atoms with Gasteiger partial charge in [-0.2, -0.15) is 0 Å². The fourth-order valence-corrected chi connectivity index (χ4v) is 2.75. The van der Waals surface area contributed by atoms with Crippen LogP contribution in [0.3, 0.4) is 0 Å². The standard InChI is InChI=1S/C23H21F2N3/c1-14-18(24)8-5-10-20(14)26-16(3)22-12-7-13-23(28-22)17(4)27-21-11-6-9-19(25)15(21)2/h5-13H,1-4H3. The Kier molecular flexibility index (Phi) is 5.73. The summed E-state index contributed by atoms with van der Waals surface area (Å²) in [6.07, 6.45) is 0. The molecule has 0 bridgehead atoms. The molecule has 1 heterocycles. The largest absolute Gasteiger partial charge is 0.251 e. The first-order valence-corrected chi connectivity index (χ1v) is 8.95. The Morgan fingerprint density at radius 1 is 0.679 bits per heavy atom. The monoisotopic (exact) mass is 377 g/mol. The lowest BCUT2D eigenvalue weighted by Crippen LogP contribution is -2.05. The van der Waals surface area contributed by atoms with Crippen LogP contribution in [-0.2, 0) is 0 Å². The summed E-state index contributed by atoms with van der Waals surface area (Å²) < 4.78 is 27.5. The van der Waals surface area contributed by atoms with E-state index in [2.05, 4.69) is 15.0 Å². The van der Waals surface area contributed by atoms with Crippen LogP contribution in [0.25, 0.3) is 0 Å². The highest BCUT2D eigenvalue weighted by molar-refractivity contribution is 6.02. The summed E-state index contributed by atoms with van der Waals surface area (Å²) >= 11 is 0. The van der Waals surface area contributed by atoms with Gasteiger partial charge in [-0.3, -0.25) is 9.98 Å². The molecule has 0 aliphatic carbocycles. The molecule has 2 aromatic carbocycles. The molecule has 3 nitrogen and oxygen atoms in total. The Morgan fingerprint density at radius 2 is 1.07 bits per heavy atom. The van der Waals surface area contributed by atoms with Gasteiger partial charge in [0.2, 0.25) is 0 Å². The van der Waals surface area contributed by atoms with Crippen molar-refractivity contribution in [3.63, 3.8) is 0 Å². The number of aliphatic imine (C=N–C) groups is 2. The number of hydrogen-bond acceptors (Lipinski definition) is 3. The van der Waals surface area contributed by atoms with E-state index in [-0.39, 0.29) is 11.6 Å². The van der Waals surface area contributed by atoms with E-state index in [0.29, 0.717) is 45.3 Å². The first-order valence-electron chi connectivity index (χ1n) is 8.95. The predicted octanol–water partition coefficient (Wildman–Crippen LogP) is 6.26. The van der Waals surface area contributed by atoms with E-state index in [4.69, 9.17) is 0 Å². The number of rotatable bonds is 4. The fourth-order valence-electron chi connectivity index (χ4n) is 2.75. The van der Waals surface area contributed by atoms with Crippen molar-refractivity contribution in [2.24, 2.45) is 9.98 Å². The summed E-state index contributed by atoms with van der Waals surface area (Å²) in [7, 11) is 0. The second kappa shape index (κ2) is 8.21. The summed E-state index contributed by atoms with van der Waals surface area (Å²) in [5, 5.41) is 0. The lowest BCUT2D eigenvalue weighted by Gasteiger charge is -2.07. The van der Waals surface area contributed by atoms with Crippen LogP contribution in [-0.4, -0.2) is 16.4 Å². The van der Waals surface area contributed by atoms with Crippen LogP contribution in [0.1, 0.15) is 36.4 Å². The quantitative estimate of drug-likeness (QED) is 0.495. The van der Waals surface area contributed by atoms with Crippen LogP contribution in [0, 0.1) is 25.5 Å². The third kappa shape index (κ3) is 4.19. The minimum atomic E-state index is -0.288. The van der Waals surface area contributed by atoms with Crippen LogP contribution in [0.4, 0.5) is 20.2 Å². The first kappa shape index (κ1) is 19.5. The topological polar surface area (TPSA) is 37.6 Å². The molecule has 0 saturated heterocycles. The van der Waals surface area contributed by atoms with Gasteiger partial charge in [-0.1, -0.05) is 18.2 Å². The summed E-state index contributed by atoms with van der Waals surface area (Å²) in [5.41, 5.74) is 4.83. The molecule has 0 saturated carbocycles. The van der Waals surface area contributed by atoms with E-state index in [1.165, 1.54) is 12.1 Å². The van der Waals surface area contributed by atoms with Gasteiger partial charge in [0.15, 0.2) is 0 Å². The number of halogens is 2. The van der Waals surface area contributed by atoms with Crippen LogP contribution in [0.5, 0.6) is 0 Å². The molecule has 0 N–H and O–H groups in total. The molecule has 5 heteroatoms. The number of hydrogen-bond donors (Lipinski definition) is 0. The Bertz CT molecular complexity index is 1000. The number of pyridine rings is 1.